The Morgan fingerprint density at radius 3 is 2.50 bits per heavy atom. The zero-order chi connectivity index (χ0) is 18.6. The molecule has 2 aromatic rings. The number of amides is 1. The molecule has 28 heavy (non-hydrogen) atoms. The smallest absolute Gasteiger partial charge is 0.273 e. The number of rotatable bonds is 5. The standard InChI is InChI=1S/C20H26FN5O.ClH/c21-16-7-5-15(6-8-16)19(14-3-1-2-4-14)23-20(27)18-13-26(25-24-18)17-9-11-22-12-10-17;/h5-8,13-14,17,19,22H,1-4,9-12H2,(H,23,27);1H. The van der Waals surface area contributed by atoms with E-state index in [-0.39, 0.29) is 30.2 Å². The molecule has 152 valence electrons. The molecular weight excluding hydrogens is 381 g/mol. The summed E-state index contributed by atoms with van der Waals surface area (Å²) in [5, 5.41) is 14.7. The number of aromatic nitrogens is 3. The van der Waals surface area contributed by atoms with E-state index in [1.807, 2.05) is 4.68 Å². The Hall–Kier alpha value is -1.99. The minimum Gasteiger partial charge on any atom is -0.344 e. The van der Waals surface area contributed by atoms with Crippen molar-refractivity contribution in [1.29, 1.82) is 0 Å². The van der Waals surface area contributed by atoms with Crippen molar-refractivity contribution in [3.8, 4) is 0 Å². The predicted molar refractivity (Wildman–Crippen MR) is 107 cm³/mol. The van der Waals surface area contributed by atoms with Gasteiger partial charge in [-0.2, -0.15) is 0 Å². The number of hydrogen-bond donors (Lipinski definition) is 2. The Labute approximate surface area is 170 Å². The maximum Gasteiger partial charge on any atom is 0.273 e. The van der Waals surface area contributed by atoms with Gasteiger partial charge in [0, 0.05) is 0 Å². The Morgan fingerprint density at radius 2 is 1.82 bits per heavy atom. The van der Waals surface area contributed by atoms with Crippen molar-refractivity contribution in [3.05, 3.63) is 47.5 Å². The molecule has 1 saturated carbocycles. The van der Waals surface area contributed by atoms with Crippen LogP contribution in [0.2, 0.25) is 0 Å². The Balaban J connectivity index is 0.00000225. The highest BCUT2D eigenvalue weighted by Gasteiger charge is 2.29. The van der Waals surface area contributed by atoms with Crippen LogP contribution in [0.5, 0.6) is 0 Å². The lowest BCUT2D eigenvalue weighted by Crippen LogP contribution is -2.33. The third kappa shape index (κ3) is 4.70. The summed E-state index contributed by atoms with van der Waals surface area (Å²) in [5.74, 6) is -0.101. The fourth-order valence-electron chi connectivity index (χ4n) is 4.28. The van der Waals surface area contributed by atoms with E-state index in [0.29, 0.717) is 17.7 Å². The number of halogens is 2. The van der Waals surface area contributed by atoms with Crippen molar-refractivity contribution in [2.24, 2.45) is 5.92 Å². The summed E-state index contributed by atoms with van der Waals surface area (Å²) in [7, 11) is 0. The predicted octanol–water partition coefficient (Wildman–Crippen LogP) is 3.42. The monoisotopic (exact) mass is 407 g/mol. The summed E-state index contributed by atoms with van der Waals surface area (Å²) < 4.78 is 15.1. The van der Waals surface area contributed by atoms with E-state index in [4.69, 9.17) is 0 Å². The first-order valence-corrected chi connectivity index (χ1v) is 9.89. The molecule has 1 saturated heterocycles. The van der Waals surface area contributed by atoms with E-state index in [9.17, 15) is 9.18 Å². The maximum atomic E-state index is 13.3. The number of hydrogen-bond acceptors (Lipinski definition) is 4. The fourth-order valence-corrected chi connectivity index (χ4v) is 4.28. The largest absolute Gasteiger partial charge is 0.344 e. The van der Waals surface area contributed by atoms with Crippen molar-refractivity contribution >= 4 is 18.3 Å². The van der Waals surface area contributed by atoms with Crippen molar-refractivity contribution in [3.63, 3.8) is 0 Å². The summed E-state index contributed by atoms with van der Waals surface area (Å²) in [6.07, 6.45) is 8.22. The molecule has 2 heterocycles. The molecule has 2 N–H and O–H groups in total. The molecule has 1 aliphatic carbocycles. The highest BCUT2D eigenvalue weighted by atomic mass is 35.5. The van der Waals surface area contributed by atoms with Gasteiger partial charge in [-0.05, 0) is 62.4 Å². The quantitative estimate of drug-likeness (QED) is 0.796. The Kier molecular flexibility index (Phi) is 7.02. The number of piperidine rings is 1. The van der Waals surface area contributed by atoms with Gasteiger partial charge in [0.2, 0.25) is 0 Å². The van der Waals surface area contributed by atoms with Crippen molar-refractivity contribution in [2.45, 2.75) is 50.6 Å². The lowest BCUT2D eigenvalue weighted by atomic mass is 9.91. The molecule has 8 heteroatoms. The summed E-state index contributed by atoms with van der Waals surface area (Å²) in [6.45, 7) is 1.92. The zero-order valence-electron chi connectivity index (χ0n) is 15.8. The minimum atomic E-state index is -0.264. The van der Waals surface area contributed by atoms with Crippen molar-refractivity contribution < 1.29 is 9.18 Å². The molecule has 0 bridgehead atoms. The second-order valence-electron chi connectivity index (χ2n) is 7.61. The molecule has 0 radical (unpaired) electrons. The molecule has 1 aliphatic heterocycles. The van der Waals surface area contributed by atoms with Crippen LogP contribution in [-0.4, -0.2) is 34.0 Å². The first-order chi connectivity index (χ1) is 13.2. The van der Waals surface area contributed by atoms with Gasteiger partial charge in [-0.15, -0.1) is 17.5 Å². The van der Waals surface area contributed by atoms with Crippen LogP contribution in [0, 0.1) is 11.7 Å². The molecule has 0 spiro atoms. The van der Waals surface area contributed by atoms with E-state index in [1.165, 1.54) is 25.0 Å². The molecule has 6 nitrogen and oxygen atoms in total. The average Bonchev–Trinajstić information content (AvgIpc) is 3.40. The van der Waals surface area contributed by atoms with Crippen LogP contribution in [0.4, 0.5) is 4.39 Å². The number of benzene rings is 1. The highest BCUT2D eigenvalue weighted by molar-refractivity contribution is 5.92. The van der Waals surface area contributed by atoms with E-state index in [1.54, 1.807) is 18.3 Å². The van der Waals surface area contributed by atoms with E-state index >= 15 is 0 Å². The third-order valence-corrected chi connectivity index (χ3v) is 5.81. The van der Waals surface area contributed by atoms with Crippen LogP contribution < -0.4 is 10.6 Å². The molecule has 2 aliphatic rings. The number of nitrogens with zero attached hydrogens (tertiary/aromatic N) is 3. The first-order valence-electron chi connectivity index (χ1n) is 9.89. The molecular formula is C20H27ClFN5O. The highest BCUT2D eigenvalue weighted by Crippen LogP contribution is 2.36. The van der Waals surface area contributed by atoms with Crippen molar-refractivity contribution in [1.82, 2.24) is 25.6 Å². The summed E-state index contributed by atoms with van der Waals surface area (Å²) in [4.78, 5) is 12.8. The SMILES string of the molecule is Cl.O=C(NC(c1ccc(F)cc1)C1CCCC1)c1cn(C2CCNCC2)nn1. The lowest BCUT2D eigenvalue weighted by molar-refractivity contribution is 0.0916. The van der Waals surface area contributed by atoms with Gasteiger partial charge in [-0.3, -0.25) is 4.79 Å². The molecule has 1 aromatic heterocycles. The van der Waals surface area contributed by atoms with Gasteiger partial charge >= 0.3 is 0 Å². The van der Waals surface area contributed by atoms with Gasteiger partial charge in [0.15, 0.2) is 5.69 Å². The molecule has 2 fully saturated rings. The van der Waals surface area contributed by atoms with Gasteiger partial charge in [0.25, 0.3) is 5.91 Å². The van der Waals surface area contributed by atoms with Gasteiger partial charge < -0.3 is 10.6 Å². The van der Waals surface area contributed by atoms with Crippen LogP contribution in [0.1, 0.15) is 66.7 Å². The summed E-state index contributed by atoms with van der Waals surface area (Å²) >= 11 is 0. The molecule has 1 aromatic carbocycles. The van der Waals surface area contributed by atoms with Gasteiger partial charge in [0.05, 0.1) is 18.3 Å². The Morgan fingerprint density at radius 1 is 1.14 bits per heavy atom. The van der Waals surface area contributed by atoms with E-state index < -0.39 is 0 Å². The molecule has 1 unspecified atom stereocenters. The topological polar surface area (TPSA) is 71.8 Å². The van der Waals surface area contributed by atoms with E-state index in [2.05, 4.69) is 20.9 Å². The van der Waals surface area contributed by atoms with E-state index in [0.717, 1.165) is 44.3 Å². The van der Waals surface area contributed by atoms with Crippen LogP contribution in [0.15, 0.2) is 30.5 Å². The molecule has 1 amide bonds. The molecule has 1 atom stereocenters. The van der Waals surface area contributed by atoms with Gasteiger partial charge in [0.1, 0.15) is 5.82 Å². The number of carbonyl (C=O) groups excluding carboxylic acids is 1. The minimum absolute atomic E-state index is 0. The van der Waals surface area contributed by atoms with Gasteiger partial charge in [-0.25, -0.2) is 9.07 Å². The summed E-state index contributed by atoms with van der Waals surface area (Å²) in [5.41, 5.74) is 1.29. The Bertz CT molecular complexity index is 769. The third-order valence-electron chi connectivity index (χ3n) is 5.81. The number of carbonyl (C=O) groups is 1. The van der Waals surface area contributed by atoms with Crippen LogP contribution in [0.3, 0.4) is 0 Å². The average molecular weight is 408 g/mol. The fraction of sp³-hybridized carbons (Fsp3) is 0.550. The molecule has 4 rings (SSSR count). The normalized spacial score (nSPS) is 19.2. The second kappa shape index (κ2) is 9.47. The second-order valence-corrected chi connectivity index (χ2v) is 7.61. The zero-order valence-corrected chi connectivity index (χ0v) is 16.6. The van der Waals surface area contributed by atoms with Crippen molar-refractivity contribution in [2.75, 3.05) is 13.1 Å². The van der Waals surface area contributed by atoms with Crippen LogP contribution in [-0.2, 0) is 0 Å². The summed E-state index contributed by atoms with van der Waals surface area (Å²) in [6, 6.07) is 6.62. The van der Waals surface area contributed by atoms with Crippen LogP contribution >= 0.6 is 12.4 Å². The first kappa shape index (κ1) is 20.7. The van der Waals surface area contributed by atoms with Crippen LogP contribution in [0.25, 0.3) is 0 Å². The van der Waals surface area contributed by atoms with Gasteiger partial charge in [-0.1, -0.05) is 30.2 Å². The number of nitrogens with one attached hydrogen (secondary N) is 2. The maximum absolute atomic E-state index is 13.3. The lowest BCUT2D eigenvalue weighted by Gasteiger charge is -2.25.